The van der Waals surface area contributed by atoms with Crippen LogP contribution in [0.15, 0.2) is 65.7 Å². The summed E-state index contributed by atoms with van der Waals surface area (Å²) in [4.78, 5) is 3.26. The monoisotopic (exact) mass is 372 g/mol. The predicted molar refractivity (Wildman–Crippen MR) is 101 cm³/mol. The summed E-state index contributed by atoms with van der Waals surface area (Å²) in [6.07, 6.45) is 1.78. The Morgan fingerprint density at radius 2 is 1.69 bits per heavy atom. The van der Waals surface area contributed by atoms with Crippen molar-refractivity contribution >= 4 is 15.7 Å². The van der Waals surface area contributed by atoms with Gasteiger partial charge in [0.1, 0.15) is 11.5 Å². The van der Waals surface area contributed by atoms with Gasteiger partial charge in [-0.25, -0.2) is 8.42 Å². The Balaban J connectivity index is 2.02. The Morgan fingerprint density at radius 1 is 0.962 bits per heavy atom. The van der Waals surface area contributed by atoms with Gasteiger partial charge in [-0.3, -0.25) is 4.31 Å². The molecule has 0 aliphatic heterocycles. The molecule has 0 atom stereocenters. The van der Waals surface area contributed by atoms with E-state index in [1.165, 1.54) is 11.4 Å². The summed E-state index contributed by atoms with van der Waals surface area (Å²) in [7, 11) is 0.916. The number of sulfonamides is 1. The van der Waals surface area contributed by atoms with E-state index in [1.807, 2.05) is 12.1 Å². The van der Waals surface area contributed by atoms with Crippen LogP contribution in [-0.4, -0.2) is 34.7 Å². The molecular formula is C19H20N2O4S. The van der Waals surface area contributed by atoms with E-state index in [1.54, 1.807) is 62.9 Å². The molecule has 1 aromatic heterocycles. The van der Waals surface area contributed by atoms with Crippen LogP contribution in [0.2, 0.25) is 0 Å². The Labute approximate surface area is 153 Å². The van der Waals surface area contributed by atoms with Crippen molar-refractivity contribution in [3.63, 3.8) is 0 Å². The summed E-state index contributed by atoms with van der Waals surface area (Å²) in [6.45, 7) is 0. The fourth-order valence-corrected chi connectivity index (χ4v) is 3.87. The molecule has 0 amide bonds. The van der Waals surface area contributed by atoms with Gasteiger partial charge in [-0.05, 0) is 54.6 Å². The van der Waals surface area contributed by atoms with E-state index in [-0.39, 0.29) is 4.90 Å². The predicted octanol–water partition coefficient (Wildman–Crippen LogP) is 3.52. The molecule has 0 aliphatic rings. The number of nitrogens with one attached hydrogen (secondary N) is 1. The molecule has 0 aliphatic carbocycles. The molecule has 2 aromatic carbocycles. The molecule has 0 radical (unpaired) electrons. The third-order valence-corrected chi connectivity index (χ3v) is 5.94. The van der Waals surface area contributed by atoms with Crippen LogP contribution in [0, 0.1) is 0 Å². The van der Waals surface area contributed by atoms with Gasteiger partial charge < -0.3 is 14.5 Å². The molecular weight excluding hydrogens is 352 g/mol. The summed E-state index contributed by atoms with van der Waals surface area (Å²) in [5.74, 6) is 1.26. The Kier molecular flexibility index (Phi) is 4.90. The summed E-state index contributed by atoms with van der Waals surface area (Å²) in [5, 5.41) is 0. The smallest absolute Gasteiger partial charge is 0.264 e. The van der Waals surface area contributed by atoms with Gasteiger partial charge in [0.2, 0.25) is 0 Å². The lowest BCUT2D eigenvalue weighted by molar-refractivity contribution is 0.415. The standard InChI is InChI=1S/C19H20N2O4S/c1-21(14-6-8-15(24-2)9-7-14)26(22,23)16-10-11-19(25-3)17(13-16)18-5-4-12-20-18/h4-13,20H,1-3H3. The van der Waals surface area contributed by atoms with Gasteiger partial charge in [-0.2, -0.15) is 0 Å². The van der Waals surface area contributed by atoms with Gasteiger partial charge >= 0.3 is 0 Å². The number of benzene rings is 2. The van der Waals surface area contributed by atoms with Crippen molar-refractivity contribution in [3.05, 3.63) is 60.8 Å². The topological polar surface area (TPSA) is 71.6 Å². The SMILES string of the molecule is COc1ccc(N(C)S(=O)(=O)c2ccc(OC)c(-c3ccc[nH]3)c2)cc1. The van der Waals surface area contributed by atoms with Gasteiger partial charge in [0.25, 0.3) is 10.0 Å². The quantitative estimate of drug-likeness (QED) is 0.719. The van der Waals surface area contributed by atoms with Gasteiger partial charge in [0.15, 0.2) is 0 Å². The minimum atomic E-state index is -3.73. The van der Waals surface area contributed by atoms with Crippen molar-refractivity contribution in [1.29, 1.82) is 0 Å². The highest BCUT2D eigenvalue weighted by molar-refractivity contribution is 7.92. The molecule has 3 rings (SSSR count). The van der Waals surface area contributed by atoms with E-state index in [0.717, 1.165) is 5.69 Å². The minimum absolute atomic E-state index is 0.182. The number of anilines is 1. The van der Waals surface area contributed by atoms with Crippen molar-refractivity contribution < 1.29 is 17.9 Å². The van der Waals surface area contributed by atoms with Crippen LogP contribution >= 0.6 is 0 Å². The summed E-state index contributed by atoms with van der Waals surface area (Å²) >= 11 is 0. The average molecular weight is 372 g/mol. The van der Waals surface area contributed by atoms with Crippen LogP contribution in [0.25, 0.3) is 11.3 Å². The van der Waals surface area contributed by atoms with Gasteiger partial charge in [0, 0.05) is 24.5 Å². The number of hydrogen-bond acceptors (Lipinski definition) is 4. The Bertz CT molecular complexity index is 981. The lowest BCUT2D eigenvalue weighted by Gasteiger charge is -2.20. The summed E-state index contributed by atoms with van der Waals surface area (Å²) < 4.78 is 37.8. The number of H-pyrrole nitrogens is 1. The second-order valence-electron chi connectivity index (χ2n) is 5.62. The van der Waals surface area contributed by atoms with Gasteiger partial charge in [-0.1, -0.05) is 0 Å². The lowest BCUT2D eigenvalue weighted by atomic mass is 10.1. The van der Waals surface area contributed by atoms with Crippen LogP contribution < -0.4 is 13.8 Å². The third-order valence-electron chi connectivity index (χ3n) is 4.15. The van der Waals surface area contributed by atoms with Crippen molar-refractivity contribution in [1.82, 2.24) is 4.98 Å². The second-order valence-corrected chi connectivity index (χ2v) is 7.59. The number of aromatic nitrogens is 1. The van der Waals surface area contributed by atoms with E-state index < -0.39 is 10.0 Å². The molecule has 1 heterocycles. The van der Waals surface area contributed by atoms with Crippen LogP contribution in [0.1, 0.15) is 0 Å². The number of methoxy groups -OCH3 is 2. The molecule has 136 valence electrons. The van der Waals surface area contributed by atoms with Crippen molar-refractivity contribution in [2.75, 3.05) is 25.6 Å². The molecule has 0 spiro atoms. The molecule has 3 aromatic rings. The average Bonchev–Trinajstić information content (AvgIpc) is 3.21. The molecule has 0 saturated heterocycles. The molecule has 0 saturated carbocycles. The van der Waals surface area contributed by atoms with Crippen LogP contribution in [0.4, 0.5) is 5.69 Å². The van der Waals surface area contributed by atoms with E-state index in [2.05, 4.69) is 4.98 Å². The Hall–Kier alpha value is -2.93. The summed E-state index contributed by atoms with van der Waals surface area (Å²) in [6, 6.07) is 15.4. The molecule has 7 heteroatoms. The highest BCUT2D eigenvalue weighted by atomic mass is 32.2. The maximum Gasteiger partial charge on any atom is 0.264 e. The number of aromatic amines is 1. The fraction of sp³-hybridized carbons (Fsp3) is 0.158. The maximum absolute atomic E-state index is 13.1. The van der Waals surface area contributed by atoms with Crippen LogP contribution in [-0.2, 0) is 10.0 Å². The normalized spacial score (nSPS) is 11.2. The highest BCUT2D eigenvalue weighted by Crippen LogP contribution is 2.33. The highest BCUT2D eigenvalue weighted by Gasteiger charge is 2.23. The fourth-order valence-electron chi connectivity index (χ4n) is 2.64. The zero-order valence-corrected chi connectivity index (χ0v) is 15.6. The van der Waals surface area contributed by atoms with Crippen LogP contribution in [0.3, 0.4) is 0 Å². The molecule has 0 bridgehead atoms. The first kappa shape index (κ1) is 17.9. The summed E-state index contributed by atoms with van der Waals surface area (Å²) in [5.41, 5.74) is 2.01. The van der Waals surface area contributed by atoms with Crippen molar-refractivity contribution in [2.24, 2.45) is 0 Å². The molecule has 6 nitrogen and oxygen atoms in total. The second kappa shape index (κ2) is 7.13. The number of rotatable bonds is 6. The molecule has 26 heavy (non-hydrogen) atoms. The van der Waals surface area contributed by atoms with E-state index >= 15 is 0 Å². The first-order valence-electron chi connectivity index (χ1n) is 7.92. The first-order valence-corrected chi connectivity index (χ1v) is 9.36. The largest absolute Gasteiger partial charge is 0.497 e. The van der Waals surface area contributed by atoms with Crippen molar-refractivity contribution in [2.45, 2.75) is 4.90 Å². The molecule has 0 unspecified atom stereocenters. The molecule has 1 N–H and O–H groups in total. The van der Waals surface area contributed by atoms with Crippen LogP contribution in [0.5, 0.6) is 11.5 Å². The van der Waals surface area contributed by atoms with E-state index in [4.69, 9.17) is 9.47 Å². The third kappa shape index (κ3) is 3.25. The molecule has 0 fully saturated rings. The number of ether oxygens (including phenoxy) is 2. The minimum Gasteiger partial charge on any atom is -0.497 e. The lowest BCUT2D eigenvalue weighted by Crippen LogP contribution is -2.26. The zero-order valence-electron chi connectivity index (χ0n) is 14.8. The zero-order chi connectivity index (χ0) is 18.7. The van der Waals surface area contributed by atoms with Crippen molar-refractivity contribution in [3.8, 4) is 22.8 Å². The van der Waals surface area contributed by atoms with Gasteiger partial charge in [-0.15, -0.1) is 0 Å². The number of nitrogens with zero attached hydrogens (tertiary/aromatic N) is 1. The first-order chi connectivity index (χ1) is 12.5. The maximum atomic E-state index is 13.1. The van der Waals surface area contributed by atoms with Gasteiger partial charge in [0.05, 0.1) is 24.8 Å². The van der Waals surface area contributed by atoms with E-state index in [0.29, 0.717) is 22.7 Å². The number of hydrogen-bond donors (Lipinski definition) is 1. The Morgan fingerprint density at radius 3 is 2.27 bits per heavy atom. The van der Waals surface area contributed by atoms with E-state index in [9.17, 15) is 8.42 Å².